The van der Waals surface area contributed by atoms with Crippen molar-refractivity contribution in [1.82, 2.24) is 10.2 Å². The van der Waals surface area contributed by atoms with E-state index in [1.807, 2.05) is 0 Å². The molecule has 1 atom stereocenters. The molecular weight excluding hydrogens is 208 g/mol. The smallest absolute Gasteiger partial charge is 0.0346 e. The third-order valence-corrected chi connectivity index (χ3v) is 3.61. The number of hydrogen-bond donors (Lipinski definition) is 1. The first kappa shape index (κ1) is 12.6. The van der Waals surface area contributed by atoms with Crippen molar-refractivity contribution in [3.8, 4) is 0 Å². The fourth-order valence-corrected chi connectivity index (χ4v) is 2.83. The van der Waals surface area contributed by atoms with Crippen LogP contribution in [0.25, 0.3) is 0 Å². The van der Waals surface area contributed by atoms with Gasteiger partial charge in [0.2, 0.25) is 0 Å². The fraction of sp³-hybridized carbons (Fsp3) is 0.600. The first-order valence-electron chi connectivity index (χ1n) is 6.66. The van der Waals surface area contributed by atoms with Crippen LogP contribution in [0.4, 0.5) is 0 Å². The van der Waals surface area contributed by atoms with Crippen molar-refractivity contribution in [2.45, 2.75) is 38.8 Å². The van der Waals surface area contributed by atoms with Crippen LogP contribution in [0, 0.1) is 0 Å². The minimum absolute atomic E-state index is 0.237. The van der Waals surface area contributed by atoms with Crippen molar-refractivity contribution < 1.29 is 0 Å². The van der Waals surface area contributed by atoms with Gasteiger partial charge in [-0.15, -0.1) is 0 Å². The third kappa shape index (κ3) is 3.08. The van der Waals surface area contributed by atoms with Gasteiger partial charge in [-0.1, -0.05) is 37.3 Å². The number of nitrogens with zero attached hydrogens (tertiary/aromatic N) is 1. The summed E-state index contributed by atoms with van der Waals surface area (Å²) in [5.74, 6) is 0. The SMILES string of the molecule is CCC(c1ccccc1)N1CCNC(C)(C)C1. The molecule has 0 aliphatic carbocycles. The van der Waals surface area contributed by atoms with E-state index < -0.39 is 0 Å². The van der Waals surface area contributed by atoms with Crippen LogP contribution in [0.15, 0.2) is 30.3 Å². The highest BCUT2D eigenvalue weighted by Crippen LogP contribution is 2.26. The molecule has 1 N–H and O–H groups in total. The second-order valence-corrected chi connectivity index (χ2v) is 5.62. The van der Waals surface area contributed by atoms with Gasteiger partial charge in [0, 0.05) is 31.2 Å². The number of nitrogens with one attached hydrogen (secondary N) is 1. The third-order valence-electron chi connectivity index (χ3n) is 3.61. The maximum Gasteiger partial charge on any atom is 0.0346 e. The monoisotopic (exact) mass is 232 g/mol. The Balaban J connectivity index is 2.13. The number of rotatable bonds is 3. The van der Waals surface area contributed by atoms with E-state index in [0.29, 0.717) is 6.04 Å². The highest BCUT2D eigenvalue weighted by molar-refractivity contribution is 5.19. The summed E-state index contributed by atoms with van der Waals surface area (Å²) < 4.78 is 0. The lowest BCUT2D eigenvalue weighted by atomic mass is 9.96. The van der Waals surface area contributed by atoms with Gasteiger partial charge in [0.15, 0.2) is 0 Å². The van der Waals surface area contributed by atoms with E-state index in [4.69, 9.17) is 0 Å². The highest BCUT2D eigenvalue weighted by atomic mass is 15.2. The van der Waals surface area contributed by atoms with Crippen LogP contribution in [0.3, 0.4) is 0 Å². The Morgan fingerprint density at radius 1 is 1.29 bits per heavy atom. The molecule has 0 spiro atoms. The van der Waals surface area contributed by atoms with Crippen LogP contribution in [-0.4, -0.2) is 30.1 Å². The van der Waals surface area contributed by atoms with Crippen molar-refractivity contribution >= 4 is 0 Å². The number of piperazine rings is 1. The fourth-order valence-electron chi connectivity index (χ4n) is 2.83. The molecule has 2 nitrogen and oxygen atoms in total. The van der Waals surface area contributed by atoms with Gasteiger partial charge >= 0.3 is 0 Å². The molecule has 1 aromatic rings. The molecule has 2 heteroatoms. The normalized spacial score (nSPS) is 22.3. The minimum Gasteiger partial charge on any atom is -0.309 e. The van der Waals surface area contributed by atoms with Crippen molar-refractivity contribution in [3.05, 3.63) is 35.9 Å². The predicted molar refractivity (Wildman–Crippen MR) is 73.1 cm³/mol. The van der Waals surface area contributed by atoms with E-state index >= 15 is 0 Å². The lowest BCUT2D eigenvalue weighted by molar-refractivity contribution is 0.106. The van der Waals surface area contributed by atoms with E-state index in [1.165, 1.54) is 12.0 Å². The molecule has 1 aliphatic heterocycles. The van der Waals surface area contributed by atoms with Crippen LogP contribution >= 0.6 is 0 Å². The van der Waals surface area contributed by atoms with Gasteiger partial charge in [-0.2, -0.15) is 0 Å². The quantitative estimate of drug-likeness (QED) is 0.862. The summed E-state index contributed by atoms with van der Waals surface area (Å²) in [5, 5.41) is 3.58. The summed E-state index contributed by atoms with van der Waals surface area (Å²) in [5.41, 5.74) is 1.69. The van der Waals surface area contributed by atoms with Crippen LogP contribution in [0.1, 0.15) is 38.8 Å². The Labute approximate surface area is 105 Å². The highest BCUT2D eigenvalue weighted by Gasteiger charge is 2.29. The second-order valence-electron chi connectivity index (χ2n) is 5.62. The predicted octanol–water partition coefficient (Wildman–Crippen LogP) is 2.82. The summed E-state index contributed by atoms with van der Waals surface area (Å²) in [6.45, 7) is 10.2. The van der Waals surface area contributed by atoms with Gasteiger partial charge in [-0.25, -0.2) is 0 Å². The molecule has 0 aromatic heterocycles. The molecule has 1 saturated heterocycles. The first-order valence-corrected chi connectivity index (χ1v) is 6.66. The van der Waals surface area contributed by atoms with Crippen molar-refractivity contribution in [2.75, 3.05) is 19.6 Å². The van der Waals surface area contributed by atoms with Gasteiger partial charge in [-0.05, 0) is 25.8 Å². The Hall–Kier alpha value is -0.860. The lowest BCUT2D eigenvalue weighted by Gasteiger charge is -2.43. The van der Waals surface area contributed by atoms with Gasteiger partial charge < -0.3 is 5.32 Å². The molecule has 0 bridgehead atoms. The van der Waals surface area contributed by atoms with E-state index in [1.54, 1.807) is 0 Å². The molecular formula is C15H24N2. The summed E-state index contributed by atoms with van der Waals surface area (Å²) >= 11 is 0. The van der Waals surface area contributed by atoms with Crippen LogP contribution in [-0.2, 0) is 0 Å². The maximum absolute atomic E-state index is 3.58. The minimum atomic E-state index is 0.237. The zero-order valence-electron chi connectivity index (χ0n) is 11.2. The molecule has 0 saturated carbocycles. The van der Waals surface area contributed by atoms with Crippen molar-refractivity contribution in [2.24, 2.45) is 0 Å². The summed E-state index contributed by atoms with van der Waals surface area (Å²) in [6, 6.07) is 11.5. The summed E-state index contributed by atoms with van der Waals surface area (Å²) in [4.78, 5) is 2.62. The molecule has 0 radical (unpaired) electrons. The topological polar surface area (TPSA) is 15.3 Å². The van der Waals surface area contributed by atoms with Gasteiger partial charge in [-0.3, -0.25) is 4.90 Å². The van der Waals surface area contributed by atoms with Gasteiger partial charge in [0.05, 0.1) is 0 Å². The number of hydrogen-bond acceptors (Lipinski definition) is 2. The summed E-state index contributed by atoms with van der Waals surface area (Å²) in [6.07, 6.45) is 1.18. The number of benzene rings is 1. The molecule has 1 unspecified atom stereocenters. The molecule has 1 aromatic carbocycles. The van der Waals surface area contributed by atoms with Crippen molar-refractivity contribution in [3.63, 3.8) is 0 Å². The molecule has 94 valence electrons. The zero-order chi connectivity index (χ0) is 12.3. The zero-order valence-corrected chi connectivity index (χ0v) is 11.2. The Kier molecular flexibility index (Phi) is 3.85. The molecule has 1 aliphatic rings. The molecule has 2 rings (SSSR count). The van der Waals surface area contributed by atoms with Crippen LogP contribution in [0.2, 0.25) is 0 Å². The maximum atomic E-state index is 3.58. The average molecular weight is 232 g/mol. The van der Waals surface area contributed by atoms with Crippen molar-refractivity contribution in [1.29, 1.82) is 0 Å². The molecule has 1 fully saturated rings. The van der Waals surface area contributed by atoms with Gasteiger partial charge in [0.25, 0.3) is 0 Å². The molecule has 0 amide bonds. The van der Waals surface area contributed by atoms with E-state index in [-0.39, 0.29) is 5.54 Å². The van der Waals surface area contributed by atoms with Gasteiger partial charge in [0.1, 0.15) is 0 Å². The molecule has 1 heterocycles. The standard InChI is InChI=1S/C15H24N2/c1-4-14(13-8-6-5-7-9-13)17-11-10-16-15(2,3)12-17/h5-9,14,16H,4,10-12H2,1-3H3. The van der Waals surface area contributed by atoms with Crippen LogP contribution < -0.4 is 5.32 Å². The van der Waals surface area contributed by atoms with Crippen LogP contribution in [0.5, 0.6) is 0 Å². The summed E-state index contributed by atoms with van der Waals surface area (Å²) in [7, 11) is 0. The Bertz CT molecular complexity index is 345. The largest absolute Gasteiger partial charge is 0.309 e. The second kappa shape index (κ2) is 5.19. The van der Waals surface area contributed by atoms with E-state index in [2.05, 4.69) is 61.3 Å². The van der Waals surface area contributed by atoms with E-state index in [9.17, 15) is 0 Å². The first-order chi connectivity index (χ1) is 8.12. The lowest BCUT2D eigenvalue weighted by Crippen LogP contribution is -2.57. The molecule has 17 heavy (non-hydrogen) atoms. The van der Waals surface area contributed by atoms with E-state index in [0.717, 1.165) is 19.6 Å². The Morgan fingerprint density at radius 2 is 2.00 bits per heavy atom. The Morgan fingerprint density at radius 3 is 2.59 bits per heavy atom. The average Bonchev–Trinajstić information content (AvgIpc) is 2.30.